The molecular weight excluding hydrogens is 248 g/mol. The van der Waals surface area contributed by atoms with E-state index in [2.05, 4.69) is 41.7 Å². The lowest BCUT2D eigenvalue weighted by molar-refractivity contribution is 0.540. The molecule has 2 aromatic rings. The molecule has 0 saturated heterocycles. The summed E-state index contributed by atoms with van der Waals surface area (Å²) < 4.78 is 1.28. The number of para-hydroxylation sites is 1. The number of fused-ring (bicyclic) bond motifs is 1. The highest BCUT2D eigenvalue weighted by Gasteiger charge is 2.07. The van der Waals surface area contributed by atoms with Gasteiger partial charge < -0.3 is 5.32 Å². The van der Waals surface area contributed by atoms with E-state index in [1.54, 1.807) is 11.3 Å². The summed E-state index contributed by atoms with van der Waals surface area (Å²) in [5.41, 5.74) is 1.12. The summed E-state index contributed by atoms with van der Waals surface area (Å²) in [5, 5.41) is 4.76. The van der Waals surface area contributed by atoms with Crippen molar-refractivity contribution in [3.63, 3.8) is 0 Å². The number of rotatable bonds is 6. The van der Waals surface area contributed by atoms with Gasteiger partial charge in [0.05, 0.1) is 10.2 Å². The topological polar surface area (TPSA) is 24.9 Å². The lowest BCUT2D eigenvalue weighted by Crippen LogP contribution is -2.29. The molecule has 4 heteroatoms. The number of benzene rings is 1. The van der Waals surface area contributed by atoms with Crippen molar-refractivity contribution in [1.82, 2.24) is 10.3 Å². The van der Waals surface area contributed by atoms with Gasteiger partial charge in [0.15, 0.2) is 0 Å². The fraction of sp³-hybridized carbons (Fsp3) is 0.462. The second-order valence-electron chi connectivity index (χ2n) is 4.02. The summed E-state index contributed by atoms with van der Waals surface area (Å²) in [6.45, 7) is 3.12. The summed E-state index contributed by atoms with van der Waals surface area (Å²) in [7, 11) is 0. The fourth-order valence-electron chi connectivity index (χ4n) is 1.75. The fourth-order valence-corrected chi connectivity index (χ4v) is 3.42. The van der Waals surface area contributed by atoms with Crippen LogP contribution in [0.5, 0.6) is 0 Å². The summed E-state index contributed by atoms with van der Waals surface area (Å²) in [6, 6.07) is 8.92. The normalized spacial score (nSPS) is 13.1. The average molecular weight is 266 g/mol. The van der Waals surface area contributed by atoms with Crippen LogP contribution < -0.4 is 5.32 Å². The first kappa shape index (κ1) is 12.9. The molecule has 0 saturated carbocycles. The second kappa shape index (κ2) is 6.38. The number of hydrogen-bond donors (Lipinski definition) is 1. The van der Waals surface area contributed by atoms with Crippen molar-refractivity contribution in [1.29, 1.82) is 0 Å². The lowest BCUT2D eigenvalue weighted by atomic mass is 10.2. The zero-order valence-electron chi connectivity index (χ0n) is 10.3. The van der Waals surface area contributed by atoms with E-state index in [1.807, 2.05) is 17.8 Å². The van der Waals surface area contributed by atoms with Gasteiger partial charge in [-0.25, -0.2) is 4.98 Å². The van der Waals surface area contributed by atoms with E-state index in [0.717, 1.165) is 12.1 Å². The lowest BCUT2D eigenvalue weighted by Gasteiger charge is -2.14. The summed E-state index contributed by atoms with van der Waals surface area (Å²) in [6.07, 6.45) is 3.33. The Hall–Kier alpha value is -0.580. The molecule has 0 aliphatic heterocycles. The van der Waals surface area contributed by atoms with Gasteiger partial charge in [0, 0.05) is 18.3 Å². The largest absolute Gasteiger partial charge is 0.307 e. The molecule has 0 radical (unpaired) electrons. The van der Waals surface area contributed by atoms with Crippen molar-refractivity contribution in [3.8, 4) is 0 Å². The maximum atomic E-state index is 4.63. The number of nitrogens with one attached hydrogen (secondary N) is 1. The Balaban J connectivity index is 1.98. The van der Waals surface area contributed by atoms with E-state index in [0.29, 0.717) is 6.04 Å². The molecule has 92 valence electrons. The van der Waals surface area contributed by atoms with Crippen molar-refractivity contribution in [2.75, 3.05) is 12.0 Å². The third-order valence-corrected chi connectivity index (χ3v) is 4.51. The van der Waals surface area contributed by atoms with E-state index in [4.69, 9.17) is 0 Å². The molecule has 1 unspecified atom stereocenters. The van der Waals surface area contributed by atoms with Crippen LogP contribution in [0.15, 0.2) is 24.3 Å². The van der Waals surface area contributed by atoms with Gasteiger partial charge in [-0.1, -0.05) is 19.1 Å². The summed E-state index contributed by atoms with van der Waals surface area (Å²) in [4.78, 5) is 4.63. The zero-order chi connectivity index (χ0) is 12.1. The molecule has 2 nitrogen and oxygen atoms in total. The average Bonchev–Trinajstić information content (AvgIpc) is 2.77. The maximum Gasteiger partial charge on any atom is 0.108 e. The van der Waals surface area contributed by atoms with E-state index < -0.39 is 0 Å². The van der Waals surface area contributed by atoms with Gasteiger partial charge in [-0.05, 0) is 24.8 Å². The molecule has 1 atom stereocenters. The van der Waals surface area contributed by atoms with Crippen LogP contribution in [0.3, 0.4) is 0 Å². The Morgan fingerprint density at radius 2 is 2.24 bits per heavy atom. The minimum absolute atomic E-state index is 0.594. The van der Waals surface area contributed by atoms with Crippen LogP contribution in [0, 0.1) is 0 Å². The van der Waals surface area contributed by atoms with Crippen LogP contribution in [0.2, 0.25) is 0 Å². The van der Waals surface area contributed by atoms with Crippen LogP contribution in [-0.2, 0) is 6.54 Å². The van der Waals surface area contributed by atoms with Gasteiger partial charge in [0.1, 0.15) is 5.01 Å². The van der Waals surface area contributed by atoms with Crippen LogP contribution in [0.1, 0.15) is 18.4 Å². The monoisotopic (exact) mass is 266 g/mol. The molecule has 1 N–H and O–H groups in total. The first-order valence-corrected chi connectivity index (χ1v) is 8.11. The quantitative estimate of drug-likeness (QED) is 0.866. The minimum atomic E-state index is 0.594. The molecule has 0 bridgehead atoms. The maximum absolute atomic E-state index is 4.63. The molecule has 1 aromatic heterocycles. The highest BCUT2D eigenvalue weighted by atomic mass is 32.2. The van der Waals surface area contributed by atoms with Gasteiger partial charge in [-0.3, -0.25) is 0 Å². The third-order valence-electron chi connectivity index (χ3n) is 2.74. The smallest absolute Gasteiger partial charge is 0.108 e. The van der Waals surface area contributed by atoms with Crippen LogP contribution >= 0.6 is 23.1 Å². The number of hydrogen-bond acceptors (Lipinski definition) is 4. The molecule has 1 aromatic carbocycles. The number of thioether (sulfide) groups is 1. The Labute approximate surface area is 111 Å². The van der Waals surface area contributed by atoms with E-state index in [9.17, 15) is 0 Å². The first-order valence-electron chi connectivity index (χ1n) is 5.90. The molecule has 0 spiro atoms. The highest BCUT2D eigenvalue weighted by Crippen LogP contribution is 2.21. The molecule has 0 amide bonds. The van der Waals surface area contributed by atoms with Crippen LogP contribution in [0.4, 0.5) is 0 Å². The van der Waals surface area contributed by atoms with Gasteiger partial charge in [0.25, 0.3) is 0 Å². The molecule has 0 fully saturated rings. The van der Waals surface area contributed by atoms with E-state index in [1.165, 1.54) is 21.9 Å². The second-order valence-corrected chi connectivity index (χ2v) is 6.04. The summed E-state index contributed by atoms with van der Waals surface area (Å²) >= 11 is 3.68. The Morgan fingerprint density at radius 3 is 2.94 bits per heavy atom. The molecule has 0 aliphatic carbocycles. The summed E-state index contributed by atoms with van der Waals surface area (Å²) in [5.74, 6) is 1.17. The minimum Gasteiger partial charge on any atom is -0.307 e. The molecule has 0 aliphatic rings. The van der Waals surface area contributed by atoms with Crippen LogP contribution in [-0.4, -0.2) is 23.0 Å². The Bertz CT molecular complexity index is 434. The number of aromatic nitrogens is 1. The molecule has 17 heavy (non-hydrogen) atoms. The van der Waals surface area contributed by atoms with Crippen molar-refractivity contribution in [2.24, 2.45) is 0 Å². The zero-order valence-corrected chi connectivity index (χ0v) is 11.9. The van der Waals surface area contributed by atoms with Gasteiger partial charge in [0.2, 0.25) is 0 Å². The van der Waals surface area contributed by atoms with Crippen molar-refractivity contribution >= 4 is 33.3 Å². The first-order chi connectivity index (χ1) is 8.33. The highest BCUT2D eigenvalue weighted by molar-refractivity contribution is 7.98. The van der Waals surface area contributed by atoms with Gasteiger partial charge in [-0.15, -0.1) is 11.3 Å². The van der Waals surface area contributed by atoms with E-state index in [-0.39, 0.29) is 0 Å². The van der Waals surface area contributed by atoms with Crippen molar-refractivity contribution in [2.45, 2.75) is 25.9 Å². The molecule has 1 heterocycles. The Morgan fingerprint density at radius 1 is 1.41 bits per heavy atom. The predicted molar refractivity (Wildman–Crippen MR) is 78.9 cm³/mol. The number of nitrogens with zero attached hydrogens (tertiary/aromatic N) is 1. The molecular formula is C13H18N2S2. The predicted octanol–water partition coefficient (Wildman–Crippen LogP) is 3.53. The van der Waals surface area contributed by atoms with Crippen LogP contribution in [0.25, 0.3) is 10.2 Å². The van der Waals surface area contributed by atoms with Crippen molar-refractivity contribution in [3.05, 3.63) is 29.3 Å². The van der Waals surface area contributed by atoms with Crippen molar-refractivity contribution < 1.29 is 0 Å². The third kappa shape index (κ3) is 3.44. The SMILES string of the molecule is CCC(CSC)NCc1nc2ccccc2s1. The number of thiazole rings is 1. The van der Waals surface area contributed by atoms with Gasteiger partial charge >= 0.3 is 0 Å². The molecule has 2 rings (SSSR count). The Kier molecular flexibility index (Phi) is 4.83. The standard InChI is InChI=1S/C13H18N2S2/c1-3-10(9-16-2)14-8-13-15-11-6-4-5-7-12(11)17-13/h4-7,10,14H,3,8-9H2,1-2H3. The van der Waals surface area contributed by atoms with E-state index >= 15 is 0 Å². The van der Waals surface area contributed by atoms with Gasteiger partial charge in [-0.2, -0.15) is 11.8 Å².